The van der Waals surface area contributed by atoms with Gasteiger partial charge in [-0.2, -0.15) is 0 Å². The molecular weight excluding hydrogens is 212 g/mol. The molecule has 0 aromatic rings. The number of carbonyl (C=O) groups excluding carboxylic acids is 1. The molecule has 90 valence electrons. The summed E-state index contributed by atoms with van der Waals surface area (Å²) in [6.07, 6.45) is 8.46. The summed E-state index contributed by atoms with van der Waals surface area (Å²) in [5, 5.41) is 9.32. The van der Waals surface area contributed by atoms with Crippen molar-refractivity contribution < 1.29 is 9.90 Å². The van der Waals surface area contributed by atoms with Crippen molar-refractivity contribution in [1.29, 1.82) is 0 Å². The molecule has 0 aliphatic carbocycles. The van der Waals surface area contributed by atoms with Crippen LogP contribution in [-0.2, 0) is 4.79 Å². The van der Waals surface area contributed by atoms with Crippen LogP contribution in [0.1, 0.15) is 64.7 Å². The maximum atomic E-state index is 10.4. The first-order valence-corrected chi connectivity index (χ1v) is 6.41. The zero-order valence-corrected chi connectivity index (χ0v) is 10.4. The molecule has 3 heteroatoms. The topological polar surface area (TPSA) is 37.3 Å². The molecular formula is C12H23ClO2. The molecule has 0 aliphatic heterocycles. The van der Waals surface area contributed by atoms with E-state index >= 15 is 0 Å². The molecule has 1 atom stereocenters. The summed E-state index contributed by atoms with van der Waals surface area (Å²) in [6.45, 7) is 2.18. The first-order valence-electron chi connectivity index (χ1n) is 6.03. The van der Waals surface area contributed by atoms with Crippen LogP contribution < -0.4 is 0 Å². The fourth-order valence-corrected chi connectivity index (χ4v) is 1.73. The van der Waals surface area contributed by atoms with Crippen LogP contribution in [-0.4, -0.2) is 16.5 Å². The van der Waals surface area contributed by atoms with Gasteiger partial charge in [0.05, 0.1) is 6.10 Å². The Bertz CT molecular complexity index is 160. The highest BCUT2D eigenvalue weighted by molar-refractivity contribution is 6.63. The van der Waals surface area contributed by atoms with Crippen molar-refractivity contribution in [2.75, 3.05) is 0 Å². The molecule has 0 spiro atoms. The van der Waals surface area contributed by atoms with Gasteiger partial charge in [-0.15, -0.1) is 0 Å². The van der Waals surface area contributed by atoms with Gasteiger partial charge in [0.2, 0.25) is 5.24 Å². The first-order chi connectivity index (χ1) is 7.16. The van der Waals surface area contributed by atoms with E-state index in [1.54, 1.807) is 0 Å². The standard InChI is InChI=1S/C12H23ClO2/c1-2-3-4-5-8-11(14)9-6-7-10-12(13)15/h11,14H,2-10H2,1H3. The molecule has 0 aromatic carbocycles. The van der Waals surface area contributed by atoms with Gasteiger partial charge < -0.3 is 5.11 Å². The lowest BCUT2D eigenvalue weighted by molar-refractivity contribution is -0.111. The molecule has 0 amide bonds. The van der Waals surface area contributed by atoms with E-state index < -0.39 is 0 Å². The lowest BCUT2D eigenvalue weighted by Gasteiger charge is -2.09. The number of aliphatic hydroxyl groups is 1. The molecule has 0 heterocycles. The summed E-state index contributed by atoms with van der Waals surface area (Å²) in [7, 11) is 0. The Kier molecular flexibility index (Phi) is 10.4. The van der Waals surface area contributed by atoms with E-state index in [1.807, 2.05) is 0 Å². The Morgan fingerprint density at radius 2 is 1.73 bits per heavy atom. The first kappa shape index (κ1) is 14.9. The molecule has 1 unspecified atom stereocenters. The number of aliphatic hydroxyl groups excluding tert-OH is 1. The van der Waals surface area contributed by atoms with Crippen LogP contribution in [0.2, 0.25) is 0 Å². The van der Waals surface area contributed by atoms with Crippen molar-refractivity contribution in [3.63, 3.8) is 0 Å². The second kappa shape index (κ2) is 10.4. The number of carbonyl (C=O) groups is 1. The highest BCUT2D eigenvalue weighted by Gasteiger charge is 2.04. The minimum absolute atomic E-state index is 0.188. The molecule has 0 rings (SSSR count). The average molecular weight is 235 g/mol. The molecule has 2 nitrogen and oxygen atoms in total. The minimum atomic E-state index is -0.271. The highest BCUT2D eigenvalue weighted by Crippen LogP contribution is 2.11. The lowest BCUT2D eigenvalue weighted by Crippen LogP contribution is -2.06. The van der Waals surface area contributed by atoms with Gasteiger partial charge in [0, 0.05) is 6.42 Å². The van der Waals surface area contributed by atoms with Gasteiger partial charge >= 0.3 is 0 Å². The molecule has 0 saturated heterocycles. The Morgan fingerprint density at radius 1 is 1.13 bits per heavy atom. The predicted octanol–water partition coefficient (Wildman–Crippen LogP) is 3.64. The maximum absolute atomic E-state index is 10.4. The van der Waals surface area contributed by atoms with Gasteiger partial charge in [0.15, 0.2) is 0 Å². The zero-order valence-electron chi connectivity index (χ0n) is 9.67. The van der Waals surface area contributed by atoms with Crippen molar-refractivity contribution >= 4 is 16.8 Å². The van der Waals surface area contributed by atoms with Gasteiger partial charge in [-0.05, 0) is 30.9 Å². The number of hydrogen-bond acceptors (Lipinski definition) is 2. The average Bonchev–Trinajstić information content (AvgIpc) is 2.19. The van der Waals surface area contributed by atoms with E-state index in [1.165, 1.54) is 19.3 Å². The largest absolute Gasteiger partial charge is 0.393 e. The van der Waals surface area contributed by atoms with Crippen LogP contribution in [0.25, 0.3) is 0 Å². The summed E-state index contributed by atoms with van der Waals surface area (Å²) in [6, 6.07) is 0. The molecule has 15 heavy (non-hydrogen) atoms. The van der Waals surface area contributed by atoms with E-state index in [4.69, 9.17) is 11.6 Å². The fourth-order valence-electron chi connectivity index (χ4n) is 1.60. The van der Waals surface area contributed by atoms with Gasteiger partial charge in [-0.1, -0.05) is 39.0 Å². The predicted molar refractivity (Wildman–Crippen MR) is 64.1 cm³/mol. The summed E-state index contributed by atoms with van der Waals surface area (Å²) >= 11 is 5.21. The summed E-state index contributed by atoms with van der Waals surface area (Å²) in [5.41, 5.74) is 0. The third-order valence-electron chi connectivity index (χ3n) is 2.55. The number of rotatable bonds is 10. The van der Waals surface area contributed by atoms with Gasteiger partial charge in [-0.25, -0.2) is 0 Å². The number of hydrogen-bond donors (Lipinski definition) is 1. The second-order valence-electron chi connectivity index (χ2n) is 4.10. The molecule has 0 radical (unpaired) electrons. The molecule has 0 bridgehead atoms. The number of halogens is 1. The van der Waals surface area contributed by atoms with Crippen LogP contribution in [0.4, 0.5) is 0 Å². The smallest absolute Gasteiger partial charge is 0.221 e. The molecule has 0 fully saturated rings. The van der Waals surface area contributed by atoms with Gasteiger partial charge in [-0.3, -0.25) is 4.79 Å². The third-order valence-corrected chi connectivity index (χ3v) is 2.74. The van der Waals surface area contributed by atoms with Crippen LogP contribution in [0.5, 0.6) is 0 Å². The van der Waals surface area contributed by atoms with E-state index in [0.29, 0.717) is 6.42 Å². The Morgan fingerprint density at radius 3 is 2.27 bits per heavy atom. The van der Waals surface area contributed by atoms with Crippen LogP contribution in [0, 0.1) is 0 Å². The Hall–Kier alpha value is -0.0800. The fraction of sp³-hybridized carbons (Fsp3) is 0.917. The lowest BCUT2D eigenvalue weighted by atomic mass is 10.0. The van der Waals surface area contributed by atoms with Gasteiger partial charge in [0.25, 0.3) is 0 Å². The maximum Gasteiger partial charge on any atom is 0.221 e. The normalized spacial score (nSPS) is 12.7. The van der Waals surface area contributed by atoms with Gasteiger partial charge in [0.1, 0.15) is 0 Å². The van der Waals surface area contributed by atoms with Crippen molar-refractivity contribution in [2.24, 2.45) is 0 Å². The van der Waals surface area contributed by atoms with Crippen molar-refractivity contribution in [2.45, 2.75) is 70.8 Å². The Balaban J connectivity index is 3.18. The quantitative estimate of drug-likeness (QED) is 0.463. The van der Waals surface area contributed by atoms with E-state index in [2.05, 4.69) is 6.92 Å². The monoisotopic (exact) mass is 234 g/mol. The molecule has 0 saturated carbocycles. The van der Waals surface area contributed by atoms with Crippen LogP contribution in [0.15, 0.2) is 0 Å². The van der Waals surface area contributed by atoms with E-state index in [9.17, 15) is 9.90 Å². The SMILES string of the molecule is CCCCCCC(O)CCCCC(=O)Cl. The van der Waals surface area contributed by atoms with E-state index in [0.717, 1.165) is 32.1 Å². The van der Waals surface area contributed by atoms with Crippen LogP contribution in [0.3, 0.4) is 0 Å². The molecule has 0 aliphatic rings. The third kappa shape index (κ3) is 11.8. The molecule has 0 aromatic heterocycles. The summed E-state index contributed by atoms with van der Waals surface area (Å²) in [5.74, 6) is 0. The summed E-state index contributed by atoms with van der Waals surface area (Å²) < 4.78 is 0. The van der Waals surface area contributed by atoms with Crippen molar-refractivity contribution in [3.8, 4) is 0 Å². The zero-order chi connectivity index (χ0) is 11.5. The summed E-state index contributed by atoms with van der Waals surface area (Å²) in [4.78, 5) is 10.4. The second-order valence-corrected chi connectivity index (χ2v) is 4.53. The van der Waals surface area contributed by atoms with Crippen molar-refractivity contribution in [1.82, 2.24) is 0 Å². The van der Waals surface area contributed by atoms with E-state index in [-0.39, 0.29) is 11.3 Å². The number of unbranched alkanes of at least 4 members (excludes halogenated alkanes) is 4. The minimum Gasteiger partial charge on any atom is -0.393 e. The van der Waals surface area contributed by atoms with Crippen molar-refractivity contribution in [3.05, 3.63) is 0 Å². The highest BCUT2D eigenvalue weighted by atomic mass is 35.5. The van der Waals surface area contributed by atoms with Crippen LogP contribution >= 0.6 is 11.6 Å². The molecule has 1 N–H and O–H groups in total. The Labute approximate surface area is 98.0 Å².